The van der Waals surface area contributed by atoms with E-state index in [0.717, 1.165) is 0 Å². The van der Waals surface area contributed by atoms with Gasteiger partial charge in [0.2, 0.25) is 0 Å². The van der Waals surface area contributed by atoms with Crippen LogP contribution in [0.15, 0.2) is 34.1 Å². The molecular formula is C10H12O2S2. The maximum Gasteiger partial charge on any atom is 0.304 e. The van der Waals surface area contributed by atoms with Crippen molar-refractivity contribution in [2.75, 3.05) is 12.0 Å². The van der Waals surface area contributed by atoms with E-state index in [0.29, 0.717) is 5.75 Å². The van der Waals surface area contributed by atoms with Gasteiger partial charge in [-0.3, -0.25) is 4.79 Å². The standard InChI is InChI=1S/C10H12O2S2/c1-13-8-4-2-3-5-9(8)14-7-6-10(11)12/h2-5H,6-7H2,1H3,(H,11,12). The lowest BCUT2D eigenvalue weighted by Crippen LogP contribution is -1.95. The Kier molecular flexibility index (Phi) is 4.90. The maximum absolute atomic E-state index is 10.3. The van der Waals surface area contributed by atoms with Crippen molar-refractivity contribution in [1.29, 1.82) is 0 Å². The summed E-state index contributed by atoms with van der Waals surface area (Å²) in [6, 6.07) is 8.04. The van der Waals surface area contributed by atoms with Crippen molar-refractivity contribution in [2.45, 2.75) is 16.2 Å². The first-order valence-corrected chi connectivity index (χ1v) is 6.42. The van der Waals surface area contributed by atoms with Crippen LogP contribution in [0.5, 0.6) is 0 Å². The van der Waals surface area contributed by atoms with Crippen LogP contribution in [0.3, 0.4) is 0 Å². The van der Waals surface area contributed by atoms with Gasteiger partial charge in [-0.15, -0.1) is 23.5 Å². The molecule has 1 aromatic rings. The summed E-state index contributed by atoms with van der Waals surface area (Å²) in [5.41, 5.74) is 0. The summed E-state index contributed by atoms with van der Waals surface area (Å²) in [5.74, 6) is -0.105. The number of aliphatic carboxylic acids is 1. The van der Waals surface area contributed by atoms with Crippen LogP contribution in [0.4, 0.5) is 0 Å². The van der Waals surface area contributed by atoms with E-state index in [1.165, 1.54) is 9.79 Å². The van der Waals surface area contributed by atoms with Crippen molar-refractivity contribution in [3.05, 3.63) is 24.3 Å². The number of hydrogen-bond acceptors (Lipinski definition) is 3. The Morgan fingerprint density at radius 1 is 1.36 bits per heavy atom. The quantitative estimate of drug-likeness (QED) is 0.786. The van der Waals surface area contributed by atoms with Crippen molar-refractivity contribution >= 4 is 29.5 Å². The van der Waals surface area contributed by atoms with E-state index in [1.54, 1.807) is 23.5 Å². The van der Waals surface area contributed by atoms with Crippen LogP contribution in [0.25, 0.3) is 0 Å². The summed E-state index contributed by atoms with van der Waals surface area (Å²) in [5, 5.41) is 8.50. The summed E-state index contributed by atoms with van der Waals surface area (Å²) >= 11 is 3.28. The summed E-state index contributed by atoms with van der Waals surface area (Å²) in [7, 11) is 0. The lowest BCUT2D eigenvalue weighted by atomic mass is 10.4. The smallest absolute Gasteiger partial charge is 0.304 e. The molecule has 0 spiro atoms. The summed E-state index contributed by atoms with van der Waals surface area (Å²) < 4.78 is 0. The first-order valence-electron chi connectivity index (χ1n) is 4.21. The fraction of sp³-hybridized carbons (Fsp3) is 0.300. The SMILES string of the molecule is CSc1ccccc1SCCC(=O)O. The van der Waals surface area contributed by atoms with Gasteiger partial charge in [-0.25, -0.2) is 0 Å². The predicted molar refractivity (Wildman–Crippen MR) is 61.2 cm³/mol. The zero-order valence-electron chi connectivity index (χ0n) is 7.90. The highest BCUT2D eigenvalue weighted by Gasteiger charge is 2.02. The molecule has 0 aliphatic rings. The molecule has 0 atom stereocenters. The number of carboxylic acid groups (broad SMARTS) is 1. The minimum absolute atomic E-state index is 0.216. The van der Waals surface area contributed by atoms with Crippen molar-refractivity contribution in [2.24, 2.45) is 0 Å². The second kappa shape index (κ2) is 5.98. The molecule has 2 nitrogen and oxygen atoms in total. The van der Waals surface area contributed by atoms with Crippen LogP contribution in [0.2, 0.25) is 0 Å². The second-order valence-electron chi connectivity index (χ2n) is 2.64. The van der Waals surface area contributed by atoms with Gasteiger partial charge in [-0.1, -0.05) is 12.1 Å². The fourth-order valence-electron chi connectivity index (χ4n) is 0.986. The van der Waals surface area contributed by atoms with E-state index in [2.05, 4.69) is 0 Å². The number of hydrogen-bond donors (Lipinski definition) is 1. The number of thioether (sulfide) groups is 2. The molecular weight excluding hydrogens is 216 g/mol. The van der Waals surface area contributed by atoms with Crippen LogP contribution >= 0.6 is 23.5 Å². The van der Waals surface area contributed by atoms with Crippen molar-refractivity contribution in [1.82, 2.24) is 0 Å². The van der Waals surface area contributed by atoms with E-state index in [-0.39, 0.29) is 6.42 Å². The zero-order valence-corrected chi connectivity index (χ0v) is 9.53. The Morgan fingerprint density at radius 3 is 2.57 bits per heavy atom. The van der Waals surface area contributed by atoms with Crippen LogP contribution in [-0.4, -0.2) is 23.1 Å². The lowest BCUT2D eigenvalue weighted by Gasteiger charge is -2.04. The molecule has 0 aromatic heterocycles. The second-order valence-corrected chi connectivity index (χ2v) is 4.63. The molecule has 0 saturated heterocycles. The molecule has 0 amide bonds. The monoisotopic (exact) mass is 228 g/mol. The van der Waals surface area contributed by atoms with Gasteiger partial charge in [-0.2, -0.15) is 0 Å². The molecule has 1 rings (SSSR count). The van der Waals surface area contributed by atoms with Gasteiger partial charge in [0, 0.05) is 15.5 Å². The van der Waals surface area contributed by atoms with Crippen molar-refractivity contribution in [3.8, 4) is 0 Å². The Morgan fingerprint density at radius 2 is 2.00 bits per heavy atom. The molecule has 1 N–H and O–H groups in total. The average Bonchev–Trinajstić information content (AvgIpc) is 2.18. The molecule has 0 fully saturated rings. The largest absolute Gasteiger partial charge is 0.481 e. The van der Waals surface area contributed by atoms with Gasteiger partial charge in [0.25, 0.3) is 0 Å². The molecule has 0 aliphatic carbocycles. The molecule has 1 aromatic carbocycles. The highest BCUT2D eigenvalue weighted by Crippen LogP contribution is 2.29. The van der Waals surface area contributed by atoms with Crippen LogP contribution in [0, 0.1) is 0 Å². The Bertz CT molecular complexity index is 313. The molecule has 0 heterocycles. The molecule has 4 heteroatoms. The zero-order chi connectivity index (χ0) is 10.4. The topological polar surface area (TPSA) is 37.3 Å². The van der Waals surface area contributed by atoms with Crippen LogP contribution in [0.1, 0.15) is 6.42 Å². The van der Waals surface area contributed by atoms with Crippen molar-refractivity contribution in [3.63, 3.8) is 0 Å². The van der Waals surface area contributed by atoms with E-state index in [4.69, 9.17) is 5.11 Å². The van der Waals surface area contributed by atoms with E-state index < -0.39 is 5.97 Å². The fourth-order valence-corrected chi connectivity index (χ4v) is 2.78. The van der Waals surface area contributed by atoms with Gasteiger partial charge in [0.05, 0.1) is 6.42 Å². The number of carboxylic acids is 1. The Balaban J connectivity index is 2.53. The third-order valence-electron chi connectivity index (χ3n) is 1.64. The first-order chi connectivity index (χ1) is 6.74. The summed E-state index contributed by atoms with van der Waals surface area (Å²) in [4.78, 5) is 12.7. The molecule has 0 radical (unpaired) electrons. The van der Waals surface area contributed by atoms with E-state index in [9.17, 15) is 4.79 Å². The lowest BCUT2D eigenvalue weighted by molar-refractivity contribution is -0.136. The Hall–Kier alpha value is -0.610. The number of benzene rings is 1. The third-order valence-corrected chi connectivity index (χ3v) is 3.64. The number of carbonyl (C=O) groups is 1. The van der Waals surface area contributed by atoms with E-state index >= 15 is 0 Å². The van der Waals surface area contributed by atoms with Crippen molar-refractivity contribution < 1.29 is 9.90 Å². The minimum Gasteiger partial charge on any atom is -0.481 e. The van der Waals surface area contributed by atoms with Gasteiger partial charge >= 0.3 is 5.97 Å². The summed E-state index contributed by atoms with van der Waals surface area (Å²) in [6.07, 6.45) is 2.24. The van der Waals surface area contributed by atoms with Gasteiger partial charge in [0.15, 0.2) is 0 Å². The molecule has 0 aliphatic heterocycles. The molecule has 0 saturated carbocycles. The predicted octanol–water partition coefficient (Wildman–Crippen LogP) is 2.98. The highest BCUT2D eigenvalue weighted by atomic mass is 32.2. The first kappa shape index (κ1) is 11.5. The molecule has 0 bridgehead atoms. The minimum atomic E-state index is -0.737. The van der Waals surface area contributed by atoms with Crippen LogP contribution < -0.4 is 0 Å². The van der Waals surface area contributed by atoms with Gasteiger partial charge < -0.3 is 5.11 Å². The average molecular weight is 228 g/mol. The van der Waals surface area contributed by atoms with E-state index in [1.807, 2.05) is 30.5 Å². The van der Waals surface area contributed by atoms with Gasteiger partial charge in [-0.05, 0) is 18.4 Å². The third kappa shape index (κ3) is 3.64. The summed E-state index contributed by atoms with van der Waals surface area (Å²) in [6.45, 7) is 0. The maximum atomic E-state index is 10.3. The van der Waals surface area contributed by atoms with Gasteiger partial charge in [0.1, 0.15) is 0 Å². The Labute approximate surface area is 92.1 Å². The normalized spacial score (nSPS) is 10.1. The molecule has 14 heavy (non-hydrogen) atoms. The molecule has 76 valence electrons. The molecule has 0 unspecified atom stereocenters. The highest BCUT2D eigenvalue weighted by molar-refractivity contribution is 8.02. The number of rotatable bonds is 5. The van der Waals surface area contributed by atoms with Crippen LogP contribution in [-0.2, 0) is 4.79 Å².